The molecule has 0 radical (unpaired) electrons. The number of nitrogens with one attached hydrogen (secondary N) is 1. The molecule has 0 aliphatic rings. The lowest BCUT2D eigenvalue weighted by Crippen LogP contribution is -2.19. The van der Waals surface area contributed by atoms with Crippen molar-refractivity contribution in [1.29, 1.82) is 0 Å². The molecule has 37 heavy (non-hydrogen) atoms. The fourth-order valence-corrected chi connectivity index (χ4v) is 3.81. The third kappa shape index (κ3) is 6.54. The fraction of sp³-hybridized carbons (Fsp3) is 0.320. The smallest absolute Gasteiger partial charge is 0.223 e. The van der Waals surface area contributed by atoms with Gasteiger partial charge in [0.05, 0.1) is 41.9 Å². The third-order valence-corrected chi connectivity index (χ3v) is 5.63. The average Bonchev–Trinajstić information content (AvgIpc) is 3.41. The van der Waals surface area contributed by atoms with Gasteiger partial charge in [-0.05, 0) is 26.0 Å². The maximum absolute atomic E-state index is 12.5. The van der Waals surface area contributed by atoms with E-state index < -0.39 is 6.67 Å². The molecule has 0 bridgehead atoms. The zero-order chi connectivity index (χ0) is 26.4. The molecule has 0 saturated heterocycles. The first-order valence-electron chi connectivity index (χ1n) is 11.6. The highest BCUT2D eigenvalue weighted by molar-refractivity contribution is 6.29. The summed E-state index contributed by atoms with van der Waals surface area (Å²) in [6, 6.07) is 3.38. The zero-order valence-corrected chi connectivity index (χ0v) is 21.5. The van der Waals surface area contributed by atoms with Crippen LogP contribution in [-0.4, -0.2) is 53.8 Å². The average molecular weight is 524 g/mol. The number of ether oxygens (including phenoxy) is 1. The molecule has 0 aliphatic carbocycles. The first-order chi connectivity index (χ1) is 17.8. The highest BCUT2D eigenvalue weighted by Crippen LogP contribution is 2.31. The first-order valence-corrected chi connectivity index (χ1v) is 12.0. The van der Waals surface area contributed by atoms with Crippen LogP contribution < -0.4 is 15.8 Å². The van der Waals surface area contributed by atoms with E-state index in [2.05, 4.69) is 42.3 Å². The molecule has 0 aromatic carbocycles. The van der Waals surface area contributed by atoms with E-state index in [1.165, 1.54) is 4.68 Å². The molecule has 0 fully saturated rings. The molecule has 1 atom stereocenters. The summed E-state index contributed by atoms with van der Waals surface area (Å²) in [6.07, 6.45) is 7.19. The number of rotatable bonds is 9. The number of aromatic nitrogens is 7. The molecular weight excluding hydrogens is 497 g/mol. The molecule has 4 aromatic rings. The van der Waals surface area contributed by atoms with Gasteiger partial charge in [-0.3, -0.25) is 4.68 Å². The van der Waals surface area contributed by atoms with Crippen LogP contribution in [0.5, 0.6) is 5.88 Å². The molecule has 0 saturated carbocycles. The number of hydrogen-bond acceptors (Lipinski definition) is 8. The van der Waals surface area contributed by atoms with E-state index in [9.17, 15) is 4.39 Å². The van der Waals surface area contributed by atoms with Crippen molar-refractivity contribution in [1.82, 2.24) is 34.5 Å². The van der Waals surface area contributed by atoms with Crippen LogP contribution in [0.3, 0.4) is 0 Å². The molecule has 0 unspecified atom stereocenters. The monoisotopic (exact) mass is 523 g/mol. The number of pyridine rings is 1. The van der Waals surface area contributed by atoms with Crippen LogP contribution >= 0.6 is 11.6 Å². The Morgan fingerprint density at radius 1 is 1.27 bits per heavy atom. The summed E-state index contributed by atoms with van der Waals surface area (Å²) < 4.78 is 21.8. The number of hydrogen-bond donors (Lipinski definition) is 2. The van der Waals surface area contributed by atoms with E-state index in [1.807, 2.05) is 20.9 Å². The van der Waals surface area contributed by atoms with E-state index in [0.717, 1.165) is 11.4 Å². The molecule has 0 amide bonds. The van der Waals surface area contributed by atoms with Crippen molar-refractivity contribution in [2.45, 2.75) is 32.9 Å². The minimum absolute atomic E-state index is 0.0210. The van der Waals surface area contributed by atoms with Crippen molar-refractivity contribution >= 4 is 23.1 Å². The summed E-state index contributed by atoms with van der Waals surface area (Å²) in [7, 11) is 1.81. The molecule has 10 nitrogen and oxygen atoms in total. The Bertz CT molecular complexity index is 1440. The van der Waals surface area contributed by atoms with Gasteiger partial charge in [-0.25, -0.2) is 24.0 Å². The largest absolute Gasteiger partial charge is 0.477 e. The van der Waals surface area contributed by atoms with Crippen molar-refractivity contribution in [3.63, 3.8) is 0 Å². The zero-order valence-electron chi connectivity index (χ0n) is 20.7. The minimum Gasteiger partial charge on any atom is -0.477 e. The maximum atomic E-state index is 12.5. The summed E-state index contributed by atoms with van der Waals surface area (Å²) in [5.74, 6) is 7.55. The number of nitrogens with two attached hydrogens (primary N) is 1. The Labute approximate surface area is 219 Å². The molecule has 0 spiro atoms. The van der Waals surface area contributed by atoms with Crippen molar-refractivity contribution in [2.24, 2.45) is 7.05 Å². The van der Waals surface area contributed by atoms with E-state index in [1.54, 1.807) is 41.6 Å². The molecule has 3 N–H and O–H groups in total. The SMILES string of the molecule is Cc1nn(C)c(OCC[C@H](C)Nc2cc(Cl)ncc2C#Cc2cnn(CCF)c2)c1-c1nccc(N)n1. The summed E-state index contributed by atoms with van der Waals surface area (Å²) >= 11 is 6.14. The topological polar surface area (TPSA) is 122 Å². The van der Waals surface area contributed by atoms with Gasteiger partial charge >= 0.3 is 0 Å². The number of alkyl halides is 1. The van der Waals surface area contributed by atoms with Crippen molar-refractivity contribution in [2.75, 3.05) is 24.3 Å². The number of anilines is 2. The molecule has 0 aliphatic heterocycles. The highest BCUT2D eigenvalue weighted by Gasteiger charge is 2.19. The minimum atomic E-state index is -0.485. The fourth-order valence-electron chi connectivity index (χ4n) is 3.65. The van der Waals surface area contributed by atoms with Gasteiger partial charge in [-0.2, -0.15) is 10.2 Å². The number of nitrogens with zero attached hydrogens (tertiary/aromatic N) is 7. The van der Waals surface area contributed by atoms with Gasteiger partial charge in [0.15, 0.2) is 5.82 Å². The normalized spacial score (nSPS) is 11.6. The van der Waals surface area contributed by atoms with E-state index in [-0.39, 0.29) is 12.6 Å². The van der Waals surface area contributed by atoms with Gasteiger partial charge in [0.25, 0.3) is 0 Å². The second-order valence-electron chi connectivity index (χ2n) is 8.36. The lowest BCUT2D eigenvalue weighted by atomic mass is 10.2. The Morgan fingerprint density at radius 3 is 2.89 bits per heavy atom. The van der Waals surface area contributed by atoms with Crippen molar-refractivity contribution in [3.8, 4) is 29.1 Å². The van der Waals surface area contributed by atoms with Gasteiger partial charge in [0.2, 0.25) is 5.88 Å². The van der Waals surface area contributed by atoms with Crippen LogP contribution in [0.15, 0.2) is 36.9 Å². The predicted octanol–water partition coefficient (Wildman–Crippen LogP) is 3.65. The van der Waals surface area contributed by atoms with Crippen molar-refractivity contribution in [3.05, 3.63) is 58.9 Å². The van der Waals surface area contributed by atoms with Crippen LogP contribution in [0.1, 0.15) is 30.2 Å². The van der Waals surface area contributed by atoms with Crippen LogP contribution in [0.25, 0.3) is 11.4 Å². The van der Waals surface area contributed by atoms with Crippen LogP contribution in [0, 0.1) is 18.8 Å². The molecule has 12 heteroatoms. The first kappa shape index (κ1) is 25.9. The Kier molecular flexibility index (Phi) is 8.20. The van der Waals surface area contributed by atoms with Gasteiger partial charge in [0.1, 0.15) is 23.2 Å². The Balaban J connectivity index is 1.42. The van der Waals surface area contributed by atoms with Crippen LogP contribution in [0.4, 0.5) is 15.9 Å². The second kappa shape index (κ2) is 11.7. The maximum Gasteiger partial charge on any atom is 0.223 e. The molecular formula is C25H27ClFN9O. The van der Waals surface area contributed by atoms with Gasteiger partial charge in [0, 0.05) is 38.1 Å². The van der Waals surface area contributed by atoms with Crippen molar-refractivity contribution < 1.29 is 9.13 Å². The summed E-state index contributed by atoms with van der Waals surface area (Å²) in [6.45, 7) is 4.04. The number of nitrogen functional groups attached to an aromatic ring is 1. The Hall–Kier alpha value is -4.17. The highest BCUT2D eigenvalue weighted by atomic mass is 35.5. The summed E-state index contributed by atoms with van der Waals surface area (Å²) in [5, 5.41) is 12.3. The summed E-state index contributed by atoms with van der Waals surface area (Å²) in [5.41, 5.74) is 9.41. The molecule has 4 rings (SSSR count). The van der Waals surface area contributed by atoms with Gasteiger partial charge in [-0.15, -0.1) is 0 Å². The van der Waals surface area contributed by atoms with E-state index in [0.29, 0.717) is 52.4 Å². The number of halogens is 2. The molecule has 4 aromatic heterocycles. The Morgan fingerprint density at radius 2 is 2.11 bits per heavy atom. The summed E-state index contributed by atoms with van der Waals surface area (Å²) in [4.78, 5) is 12.8. The lowest BCUT2D eigenvalue weighted by Gasteiger charge is -2.17. The van der Waals surface area contributed by atoms with Gasteiger partial charge in [-0.1, -0.05) is 23.4 Å². The number of aryl methyl sites for hydroxylation is 3. The third-order valence-electron chi connectivity index (χ3n) is 5.42. The van der Waals surface area contributed by atoms with Crippen LogP contribution in [-0.2, 0) is 13.6 Å². The molecule has 192 valence electrons. The second-order valence-corrected chi connectivity index (χ2v) is 8.75. The van der Waals surface area contributed by atoms with Crippen LogP contribution in [0.2, 0.25) is 5.15 Å². The quantitative estimate of drug-likeness (QED) is 0.252. The predicted molar refractivity (Wildman–Crippen MR) is 140 cm³/mol. The van der Waals surface area contributed by atoms with E-state index >= 15 is 0 Å². The van der Waals surface area contributed by atoms with E-state index in [4.69, 9.17) is 22.1 Å². The van der Waals surface area contributed by atoms with Gasteiger partial charge < -0.3 is 15.8 Å². The standard InChI is InChI=1S/C25H27ClFN9O/c1-16(7-11-37-25-23(17(2)34-35(25)3)24-29-9-6-22(28)33-24)32-20-12-21(26)30-14-19(20)5-4-18-13-31-36(15-18)10-8-27/h6,9,12-16H,7-8,10-11H2,1-3H3,(H,30,32)(H2,28,29,33)/t16-/m0/s1. The molecule has 4 heterocycles. The lowest BCUT2D eigenvalue weighted by molar-refractivity contribution is 0.280.